The first-order chi connectivity index (χ1) is 11.6. The van der Waals surface area contributed by atoms with E-state index in [1.807, 2.05) is 6.20 Å². The van der Waals surface area contributed by atoms with Gasteiger partial charge in [0.15, 0.2) is 5.13 Å². The van der Waals surface area contributed by atoms with Gasteiger partial charge in [-0.15, -0.1) is 11.8 Å². The molecule has 0 aromatic carbocycles. The average molecular weight is 380 g/mol. The minimum atomic E-state index is -0.481. The van der Waals surface area contributed by atoms with Crippen molar-refractivity contribution in [3.8, 4) is 0 Å². The Kier molecular flexibility index (Phi) is 6.46. The van der Waals surface area contributed by atoms with E-state index in [9.17, 15) is 4.79 Å². The summed E-state index contributed by atoms with van der Waals surface area (Å²) in [5.41, 5.74) is 3.51. The highest BCUT2D eigenvalue weighted by atomic mass is 32.2. The molecule has 0 bridgehead atoms. The molecular formula is C18H25N3O2S2. The third kappa shape index (κ3) is 6.01. The molecule has 0 radical (unpaired) electrons. The fourth-order valence-corrected chi connectivity index (χ4v) is 3.95. The van der Waals surface area contributed by atoms with E-state index in [0.717, 1.165) is 27.7 Å². The zero-order valence-corrected chi connectivity index (χ0v) is 17.0. The molecule has 1 aliphatic rings. The van der Waals surface area contributed by atoms with Crippen molar-refractivity contribution in [2.75, 3.05) is 11.1 Å². The van der Waals surface area contributed by atoms with Crippen LogP contribution in [0.25, 0.3) is 0 Å². The van der Waals surface area contributed by atoms with Gasteiger partial charge in [-0.3, -0.25) is 10.3 Å². The number of ether oxygens (including phenoxy) is 1. The van der Waals surface area contributed by atoms with Crippen molar-refractivity contribution < 1.29 is 9.53 Å². The lowest BCUT2D eigenvalue weighted by molar-refractivity contribution is 0.130. The minimum Gasteiger partial charge on any atom is -0.447 e. The predicted octanol–water partition coefficient (Wildman–Crippen LogP) is 5.52. The molecule has 7 heteroatoms. The second kappa shape index (κ2) is 8.19. The molecular weight excluding hydrogens is 354 g/mol. The molecule has 0 aliphatic carbocycles. The summed E-state index contributed by atoms with van der Waals surface area (Å²) >= 11 is 3.07. The number of thiazole rings is 1. The number of carbonyl (C=O) groups excluding carboxylic acids is 1. The summed E-state index contributed by atoms with van der Waals surface area (Å²) < 4.78 is 6.06. The quantitative estimate of drug-likeness (QED) is 0.684. The number of amides is 1. The van der Waals surface area contributed by atoms with Gasteiger partial charge in [-0.25, -0.2) is 9.78 Å². The monoisotopic (exact) mass is 379 g/mol. The molecule has 0 unspecified atom stereocenters. The van der Waals surface area contributed by atoms with Crippen LogP contribution in [0.2, 0.25) is 0 Å². The summed E-state index contributed by atoms with van der Waals surface area (Å²) in [5, 5.41) is 3.17. The Labute approximate surface area is 157 Å². The summed E-state index contributed by atoms with van der Waals surface area (Å²) in [5.74, 6) is 0.741. The van der Waals surface area contributed by atoms with Crippen LogP contribution < -0.4 is 5.32 Å². The second-order valence-corrected chi connectivity index (χ2v) is 9.42. The molecule has 0 saturated heterocycles. The number of nitrogens with one attached hydrogen (secondary N) is 1. The standard InChI is InChI=1S/C18H25N3O2S2/c1-11(2)23-17(22)21-16-20-9-15(25-16)24-10-14-12(3)7-13(8-19-14)18(4,5)6/h8-9,11H,3,7,10H2,1-2,4-6H3,(H,20,21,22). The molecule has 5 nitrogen and oxygen atoms in total. The lowest BCUT2D eigenvalue weighted by Crippen LogP contribution is -2.17. The van der Waals surface area contributed by atoms with Gasteiger partial charge < -0.3 is 4.74 Å². The number of nitrogens with zero attached hydrogens (tertiary/aromatic N) is 2. The highest BCUT2D eigenvalue weighted by Gasteiger charge is 2.22. The first-order valence-electron chi connectivity index (χ1n) is 8.15. The van der Waals surface area contributed by atoms with E-state index in [1.165, 1.54) is 16.9 Å². The maximum atomic E-state index is 11.6. The number of thioether (sulfide) groups is 1. The third-order valence-electron chi connectivity index (χ3n) is 3.54. The Morgan fingerprint density at radius 1 is 1.48 bits per heavy atom. The Balaban J connectivity index is 1.92. The summed E-state index contributed by atoms with van der Waals surface area (Å²) in [6, 6.07) is 0. The van der Waals surface area contributed by atoms with E-state index in [0.29, 0.717) is 5.13 Å². The van der Waals surface area contributed by atoms with Gasteiger partial charge in [-0.1, -0.05) is 38.7 Å². The minimum absolute atomic E-state index is 0.119. The Morgan fingerprint density at radius 3 is 2.80 bits per heavy atom. The van der Waals surface area contributed by atoms with Crippen LogP contribution in [0.4, 0.5) is 9.93 Å². The molecule has 0 spiro atoms. The van der Waals surface area contributed by atoms with Crippen LogP contribution in [0.15, 0.2) is 39.3 Å². The molecule has 1 amide bonds. The smallest absolute Gasteiger partial charge is 0.413 e. The topological polar surface area (TPSA) is 63.6 Å². The summed E-state index contributed by atoms with van der Waals surface area (Å²) in [6.07, 6.45) is 3.97. The van der Waals surface area contributed by atoms with Crippen molar-refractivity contribution in [2.24, 2.45) is 10.4 Å². The van der Waals surface area contributed by atoms with E-state index in [2.05, 4.69) is 42.6 Å². The van der Waals surface area contributed by atoms with Crippen LogP contribution in [0, 0.1) is 5.41 Å². The molecule has 1 aromatic rings. The summed E-state index contributed by atoms with van der Waals surface area (Å²) in [6.45, 7) is 14.4. The van der Waals surface area contributed by atoms with E-state index in [-0.39, 0.29) is 11.5 Å². The van der Waals surface area contributed by atoms with Gasteiger partial charge in [-0.2, -0.15) is 0 Å². The number of carbonyl (C=O) groups is 1. The van der Waals surface area contributed by atoms with Gasteiger partial charge in [0.05, 0.1) is 22.2 Å². The van der Waals surface area contributed by atoms with Gasteiger partial charge in [0.2, 0.25) is 0 Å². The molecule has 1 aromatic heterocycles. The SMILES string of the molecule is C=C1CC(C(C)(C)C)=CN=C1CSc1cnc(NC(=O)OC(C)C)s1. The maximum Gasteiger partial charge on any atom is 0.413 e. The molecule has 0 fully saturated rings. The molecule has 136 valence electrons. The van der Waals surface area contributed by atoms with Crippen molar-refractivity contribution in [1.82, 2.24) is 4.98 Å². The Bertz CT molecular complexity index is 712. The molecule has 1 N–H and O–H groups in total. The van der Waals surface area contributed by atoms with Crippen LogP contribution in [0.5, 0.6) is 0 Å². The molecule has 2 rings (SSSR count). The predicted molar refractivity (Wildman–Crippen MR) is 107 cm³/mol. The van der Waals surface area contributed by atoms with Gasteiger partial charge in [0, 0.05) is 12.0 Å². The number of rotatable bonds is 5. The van der Waals surface area contributed by atoms with Gasteiger partial charge in [0.25, 0.3) is 0 Å². The first kappa shape index (κ1) is 19.7. The fraction of sp³-hybridized carbons (Fsp3) is 0.500. The van der Waals surface area contributed by atoms with Crippen molar-refractivity contribution in [3.05, 3.63) is 30.1 Å². The molecule has 0 atom stereocenters. The number of allylic oxidation sites excluding steroid dienone is 2. The average Bonchev–Trinajstić information content (AvgIpc) is 2.91. The third-order valence-corrected chi connectivity index (χ3v) is 5.66. The normalized spacial score (nSPS) is 15.0. The number of hydrogen-bond acceptors (Lipinski definition) is 6. The van der Waals surface area contributed by atoms with Crippen molar-refractivity contribution in [3.63, 3.8) is 0 Å². The molecule has 25 heavy (non-hydrogen) atoms. The lowest BCUT2D eigenvalue weighted by Gasteiger charge is -2.26. The lowest BCUT2D eigenvalue weighted by atomic mass is 9.82. The number of aromatic nitrogens is 1. The van der Waals surface area contributed by atoms with Crippen LogP contribution in [0.1, 0.15) is 41.0 Å². The van der Waals surface area contributed by atoms with Gasteiger partial charge >= 0.3 is 6.09 Å². The van der Waals surface area contributed by atoms with E-state index in [4.69, 9.17) is 4.74 Å². The largest absolute Gasteiger partial charge is 0.447 e. The fourth-order valence-electron chi connectivity index (χ4n) is 2.08. The zero-order valence-electron chi connectivity index (χ0n) is 15.4. The van der Waals surface area contributed by atoms with E-state index < -0.39 is 6.09 Å². The zero-order chi connectivity index (χ0) is 18.6. The Hall–Kier alpha value is -1.60. The van der Waals surface area contributed by atoms with Gasteiger partial charge in [-0.05, 0) is 36.8 Å². The molecule has 0 saturated carbocycles. The molecule has 1 aliphatic heterocycles. The van der Waals surface area contributed by atoms with Crippen LogP contribution in [0.3, 0.4) is 0 Å². The Morgan fingerprint density at radius 2 is 2.20 bits per heavy atom. The number of aliphatic imine (C=N–C) groups is 1. The summed E-state index contributed by atoms with van der Waals surface area (Å²) in [4.78, 5) is 20.4. The van der Waals surface area contributed by atoms with E-state index in [1.54, 1.807) is 31.8 Å². The highest BCUT2D eigenvalue weighted by molar-refractivity contribution is 8.01. The first-order valence-corrected chi connectivity index (χ1v) is 9.96. The van der Waals surface area contributed by atoms with Crippen molar-refractivity contribution >= 4 is 40.0 Å². The molecule has 2 heterocycles. The van der Waals surface area contributed by atoms with Crippen LogP contribution >= 0.6 is 23.1 Å². The van der Waals surface area contributed by atoms with Crippen molar-refractivity contribution in [1.29, 1.82) is 0 Å². The highest BCUT2D eigenvalue weighted by Crippen LogP contribution is 2.34. The number of hydrogen-bond donors (Lipinski definition) is 1. The maximum absolute atomic E-state index is 11.6. The van der Waals surface area contributed by atoms with Crippen LogP contribution in [-0.2, 0) is 4.74 Å². The van der Waals surface area contributed by atoms with Crippen LogP contribution in [-0.4, -0.2) is 28.6 Å². The van der Waals surface area contributed by atoms with E-state index >= 15 is 0 Å². The second-order valence-electron chi connectivity index (χ2n) is 7.11. The van der Waals surface area contributed by atoms with Gasteiger partial charge in [0.1, 0.15) is 0 Å². The number of anilines is 1. The summed E-state index contributed by atoms with van der Waals surface area (Å²) in [7, 11) is 0. The van der Waals surface area contributed by atoms with Crippen molar-refractivity contribution in [2.45, 2.75) is 51.4 Å².